The molecule has 0 spiro atoms. The smallest absolute Gasteiger partial charge is 0.462 e. The zero-order valence-electron chi connectivity index (χ0n) is 79.2. The molecule has 0 bridgehead atoms. The van der Waals surface area contributed by atoms with Gasteiger partial charge < -0.3 is 95.0 Å². The molecule has 9 N–H and O–H groups in total. The number of carbonyl (C=O) groups is 8. The molecule has 0 aliphatic carbocycles. The van der Waals surface area contributed by atoms with E-state index in [2.05, 4.69) is 86.4 Å². The normalized spacial score (nSPS) is 26.3. The molecule has 0 aromatic rings. The number of ether oxygens (including phenoxy) is 10. The second-order valence-corrected chi connectivity index (χ2v) is 37.6. The average Bonchev–Trinajstić information content (AvgIpc) is 1.60. The molecule has 0 aromatic heterocycles. The van der Waals surface area contributed by atoms with E-state index in [1.54, 1.807) is 55.4 Å². The molecular formula is C84H125F4N24O23PS2. The standard InChI is InChI=1S/C25H40FN6O8PS2.2C21H31FN6O5.C17H23FN6O5/c1-16-30-17(27)8-9-32(16)20-18(26)19(33)25(40-20,14-29-31-28)15-39-41(36,37-10-12-42-21(34)23(2,3)4)38-11-13-43-22(35)24(5,6)7;2*1-4-6-8-16(29)31-13-21(12-25-27-24)19(32-17(30)9-7-5-2)18(22)20(33-21)28-11-10-15(23)26-14(28)3;1-4-12(25)27-9-17(8-21-23-20)15(28-13(26)5-2)14(18)16(29-17)24-7-6-11(19)22-10(24)3/h8-9,18-20,33H,1,10-15H2,2-7H3,(H2,27,30);2*10-11,18-20H,3-9,12-13H2,1-2H3,(H2,23,26);6-7,14-16H,3-5,8-9H2,1-2H3,(H2,19,22)/t18-,19+,20-,25-;2*18-,19+,20-,21-;14-,15+,16-,17-/m1111/s1. The highest BCUT2D eigenvalue weighted by atomic mass is 32.2. The number of hydrogen-bond acceptors (Lipinski definition) is 41. The van der Waals surface area contributed by atoms with Crippen molar-refractivity contribution in [1.29, 1.82) is 0 Å². The summed E-state index contributed by atoms with van der Waals surface area (Å²) in [4.78, 5) is 129. The first kappa shape index (κ1) is 117. The Morgan fingerprint density at radius 1 is 0.442 bits per heavy atom. The van der Waals surface area contributed by atoms with E-state index in [0.717, 1.165) is 49.2 Å². The lowest BCUT2D eigenvalue weighted by molar-refractivity contribution is -0.178. The number of carbonyl (C=O) groups excluding carboxylic acids is 8. The van der Waals surface area contributed by atoms with Crippen molar-refractivity contribution >= 4 is 101 Å². The van der Waals surface area contributed by atoms with E-state index in [-0.39, 0.29) is 120 Å². The Morgan fingerprint density at radius 3 is 0.986 bits per heavy atom. The van der Waals surface area contributed by atoms with Gasteiger partial charge in [0.05, 0.1) is 46.0 Å². The minimum absolute atomic E-state index is 0.0165. The van der Waals surface area contributed by atoms with E-state index in [0.29, 0.717) is 25.7 Å². The summed E-state index contributed by atoms with van der Waals surface area (Å²) in [6.07, 6.45) is -2.38. The molecule has 764 valence electrons. The summed E-state index contributed by atoms with van der Waals surface area (Å²) in [5.74, 6) is -2.33. The lowest BCUT2D eigenvalue weighted by atomic mass is 9.96. The Balaban J connectivity index is 0.000000328. The molecule has 8 rings (SSSR count). The number of alkyl halides is 4. The zero-order chi connectivity index (χ0) is 103. The van der Waals surface area contributed by atoms with Crippen molar-refractivity contribution in [3.05, 3.63) is 140 Å². The minimum atomic E-state index is -4.45. The second-order valence-electron chi connectivity index (χ2n) is 33.8. The van der Waals surface area contributed by atoms with Gasteiger partial charge in [-0.1, -0.05) is 179 Å². The summed E-state index contributed by atoms with van der Waals surface area (Å²) in [5.41, 5.74) is 49.7. The molecule has 8 aliphatic rings. The van der Waals surface area contributed by atoms with E-state index in [9.17, 15) is 48.0 Å². The Bertz CT molecular complexity index is 4660. The first-order valence-corrected chi connectivity index (χ1v) is 47.5. The molecule has 8 heterocycles. The first-order chi connectivity index (χ1) is 65.2. The zero-order valence-corrected chi connectivity index (χ0v) is 81.7. The van der Waals surface area contributed by atoms with Crippen LogP contribution in [0.25, 0.3) is 41.8 Å². The number of aliphatic hydroxyl groups is 1. The fraction of sp³-hybridized carbons (Fsp3) is 0.667. The summed E-state index contributed by atoms with van der Waals surface area (Å²) in [6.45, 7) is 31.7. The molecule has 138 heavy (non-hydrogen) atoms. The summed E-state index contributed by atoms with van der Waals surface area (Å²) >= 11 is 1.95. The predicted molar refractivity (Wildman–Crippen MR) is 500 cm³/mol. The highest BCUT2D eigenvalue weighted by Gasteiger charge is 2.64. The number of unbranched alkanes of at least 4 members (excludes halogenated alkanes) is 4. The van der Waals surface area contributed by atoms with Crippen LogP contribution < -0.4 is 22.9 Å². The number of halogens is 4. The monoisotopic (exact) mass is 2010 g/mol. The predicted octanol–water partition coefficient (Wildman–Crippen LogP) is 12.6. The van der Waals surface area contributed by atoms with E-state index < -0.39 is 203 Å². The van der Waals surface area contributed by atoms with Crippen LogP contribution in [0.3, 0.4) is 0 Å². The molecule has 4 saturated heterocycles. The Hall–Kier alpha value is -11.3. The SMILES string of the molecule is C=C1N=C(N)C=CN1[C@@H]1O[C@](CN=[N+]=[N-])(COC(=O)CC)[C@@H](OC(=O)CC)[C@H]1F.C=C1N=C(N)C=CN1[C@@H]1O[C@](CN=[N+]=[N-])(COC(=O)CCCC)[C@@H](OC(=O)CCCC)[C@H]1F.C=C1N=C(N)C=CN1[C@@H]1O[C@](CN=[N+]=[N-])(COC(=O)CCCC)[C@@H](OC(=O)CCCC)[C@H]1F.C=C1N=C(N)C=CN1[C@@H]1O[C@](CN=[N+]=[N-])(COP(=O)(OCCSC(=O)C(C)(C)C)OCCSC(=O)C(C)(C)C)[C@@H](O)[C@H]1F. The number of phosphoric acid groups is 1. The van der Waals surface area contributed by atoms with Crippen LogP contribution in [0, 0.1) is 10.8 Å². The number of rotatable bonds is 46. The summed E-state index contributed by atoms with van der Waals surface area (Å²) < 4.78 is 148. The molecule has 4 fully saturated rings. The van der Waals surface area contributed by atoms with Crippen LogP contribution in [0.15, 0.2) is 139 Å². The van der Waals surface area contributed by atoms with Gasteiger partial charge in [0.25, 0.3) is 0 Å². The first-order valence-electron chi connectivity index (χ1n) is 44.1. The van der Waals surface area contributed by atoms with Crippen molar-refractivity contribution in [2.45, 2.75) is 269 Å². The maximum absolute atomic E-state index is 15.8. The molecule has 0 saturated carbocycles. The van der Waals surface area contributed by atoms with Gasteiger partial charge in [0.1, 0.15) is 78.2 Å². The molecule has 16 atom stereocenters. The summed E-state index contributed by atoms with van der Waals surface area (Å²) in [6, 6.07) is 0. The van der Waals surface area contributed by atoms with E-state index in [1.165, 1.54) is 68.7 Å². The van der Waals surface area contributed by atoms with Crippen molar-refractivity contribution in [3.63, 3.8) is 0 Å². The van der Waals surface area contributed by atoms with Crippen molar-refractivity contribution < 1.29 is 127 Å². The van der Waals surface area contributed by atoms with Crippen molar-refractivity contribution in [2.75, 3.05) is 77.3 Å². The van der Waals surface area contributed by atoms with Gasteiger partial charge in [-0.3, -0.25) is 51.9 Å². The van der Waals surface area contributed by atoms with Gasteiger partial charge in [-0.2, -0.15) is 0 Å². The minimum Gasteiger partial charge on any atom is -0.462 e. The topological polar surface area (TPSA) is 655 Å². The second kappa shape index (κ2) is 55.5. The van der Waals surface area contributed by atoms with Crippen molar-refractivity contribution in [2.24, 2.45) is 74.2 Å². The number of azide groups is 4. The summed E-state index contributed by atoms with van der Waals surface area (Å²) in [7, 11) is -4.45. The molecule has 8 aliphatic heterocycles. The fourth-order valence-corrected chi connectivity index (χ4v) is 16.4. The number of aliphatic hydroxyl groups excluding tert-OH is 1. The molecular weight excluding hydrogens is 1880 g/mol. The third-order valence-corrected chi connectivity index (χ3v) is 24.8. The van der Waals surface area contributed by atoms with Gasteiger partial charge in [0.15, 0.2) is 94.9 Å². The number of esters is 6. The highest BCUT2D eigenvalue weighted by molar-refractivity contribution is 8.14. The number of nitrogens with zero attached hydrogens (tertiary/aromatic N) is 20. The molecule has 0 unspecified atom stereocenters. The highest BCUT2D eigenvalue weighted by Crippen LogP contribution is 2.53. The van der Waals surface area contributed by atoms with Crippen LogP contribution in [0.5, 0.6) is 0 Å². The van der Waals surface area contributed by atoms with Crippen molar-refractivity contribution in [1.82, 2.24) is 19.6 Å². The summed E-state index contributed by atoms with van der Waals surface area (Å²) in [5, 5.41) is 24.7. The third kappa shape index (κ3) is 33.8. The van der Waals surface area contributed by atoms with E-state index in [4.69, 9.17) is 106 Å². The Morgan fingerprint density at radius 2 is 0.710 bits per heavy atom. The molecule has 0 amide bonds. The maximum atomic E-state index is 15.8. The van der Waals surface area contributed by atoms with Crippen LogP contribution >= 0.6 is 31.3 Å². The van der Waals surface area contributed by atoms with E-state index in [1.807, 2.05) is 27.7 Å². The van der Waals surface area contributed by atoms with Crippen molar-refractivity contribution in [3.8, 4) is 0 Å². The number of nitrogens with two attached hydrogens (primary N) is 4. The van der Waals surface area contributed by atoms with Gasteiger partial charge in [-0.15, -0.1) is 0 Å². The van der Waals surface area contributed by atoms with Crippen LogP contribution in [0.1, 0.15) is 173 Å². The van der Waals surface area contributed by atoms with Crippen LogP contribution in [-0.4, -0.2) is 268 Å². The number of amidine groups is 4. The molecule has 54 heteroatoms. The lowest BCUT2D eigenvalue weighted by Crippen LogP contribution is -2.51. The van der Waals surface area contributed by atoms with Gasteiger partial charge >= 0.3 is 43.6 Å². The van der Waals surface area contributed by atoms with Crippen LogP contribution in [0.2, 0.25) is 0 Å². The maximum Gasteiger partial charge on any atom is 0.474 e. The lowest BCUT2D eigenvalue weighted by Gasteiger charge is -2.33. The van der Waals surface area contributed by atoms with E-state index >= 15 is 17.6 Å². The molecule has 47 nitrogen and oxygen atoms in total. The van der Waals surface area contributed by atoms with Crippen LogP contribution in [-0.2, 0) is 104 Å². The number of phosphoric ester groups is 1. The number of hydrogen-bond donors (Lipinski definition) is 5. The number of aliphatic imine (C=N–C) groups is 4. The Kier molecular flexibility index (Phi) is 47.1. The number of thioether (sulfide) groups is 2. The van der Waals surface area contributed by atoms with Gasteiger partial charge in [0.2, 0.25) is 0 Å². The third-order valence-electron chi connectivity index (χ3n) is 20.9. The van der Waals surface area contributed by atoms with Crippen LogP contribution in [0.4, 0.5) is 17.6 Å². The average molecular weight is 2010 g/mol. The molecule has 0 radical (unpaired) electrons. The largest absolute Gasteiger partial charge is 0.474 e. The fourth-order valence-electron chi connectivity index (χ4n) is 13.3. The molecule has 0 aromatic carbocycles. The quantitative estimate of drug-likeness (QED) is 0.00552. The van der Waals surface area contributed by atoms with Gasteiger partial charge in [-0.25, -0.2) is 42.1 Å². The van der Waals surface area contributed by atoms with Gasteiger partial charge in [-0.05, 0) is 72.1 Å². The Labute approximate surface area is 804 Å². The van der Waals surface area contributed by atoms with Gasteiger partial charge in [0, 0.05) is 105 Å².